The molecule has 0 spiro atoms. The lowest BCUT2D eigenvalue weighted by molar-refractivity contribution is -0.115. The Labute approximate surface area is 135 Å². The molecule has 0 saturated heterocycles. The molecule has 0 aliphatic carbocycles. The highest BCUT2D eigenvalue weighted by Crippen LogP contribution is 2.15. The molecule has 2 N–H and O–H groups in total. The predicted octanol–water partition coefficient (Wildman–Crippen LogP) is 2.76. The van der Waals surface area contributed by atoms with Gasteiger partial charge in [-0.2, -0.15) is 0 Å². The molecule has 0 heterocycles. The van der Waals surface area contributed by atoms with Gasteiger partial charge in [0.05, 0.1) is 13.2 Å². The molecule has 2 aromatic rings. The summed E-state index contributed by atoms with van der Waals surface area (Å²) >= 11 is 0. The third-order valence-electron chi connectivity index (χ3n) is 3.25. The van der Waals surface area contributed by atoms with E-state index in [0.717, 1.165) is 11.3 Å². The molecule has 120 valence electrons. The first kappa shape index (κ1) is 16.5. The average molecular weight is 312 g/mol. The molecule has 0 aliphatic heterocycles. The fourth-order valence-electron chi connectivity index (χ4n) is 2.09. The van der Waals surface area contributed by atoms with Gasteiger partial charge in [-0.15, -0.1) is 0 Å². The van der Waals surface area contributed by atoms with Crippen molar-refractivity contribution in [1.82, 2.24) is 5.32 Å². The Balaban J connectivity index is 1.85. The van der Waals surface area contributed by atoms with Crippen LogP contribution in [0.2, 0.25) is 0 Å². The normalized spacial score (nSPS) is 10.0. The monoisotopic (exact) mass is 312 g/mol. The van der Waals surface area contributed by atoms with Crippen LogP contribution in [0.3, 0.4) is 0 Å². The summed E-state index contributed by atoms with van der Waals surface area (Å²) in [6, 6.07) is 14.3. The second kappa shape index (κ2) is 7.98. The molecule has 5 nitrogen and oxygen atoms in total. The molecule has 0 saturated carbocycles. The number of rotatable bonds is 6. The lowest BCUT2D eigenvalue weighted by atomic mass is 10.1. The Morgan fingerprint density at radius 3 is 2.39 bits per heavy atom. The molecule has 23 heavy (non-hydrogen) atoms. The number of hydrogen-bond donors (Lipinski definition) is 2. The largest absolute Gasteiger partial charge is 0.494 e. The number of carbonyl (C=O) groups excluding carboxylic acids is 2. The van der Waals surface area contributed by atoms with Crippen molar-refractivity contribution < 1.29 is 14.3 Å². The lowest BCUT2D eigenvalue weighted by Crippen LogP contribution is -2.33. The molecule has 0 bridgehead atoms. The number of amides is 2. The molecule has 0 aromatic heterocycles. The van der Waals surface area contributed by atoms with Crippen molar-refractivity contribution in [2.24, 2.45) is 0 Å². The lowest BCUT2D eigenvalue weighted by Gasteiger charge is -2.09. The molecule has 0 radical (unpaired) electrons. The van der Waals surface area contributed by atoms with Gasteiger partial charge < -0.3 is 15.4 Å². The topological polar surface area (TPSA) is 67.4 Å². The standard InChI is InChI=1S/C18H20N2O3/c1-3-23-15-10-8-14(9-11-15)20-17(21)12-19-18(22)16-7-5-4-6-13(16)2/h4-11H,3,12H2,1-2H3,(H,19,22)(H,20,21). The fourth-order valence-corrected chi connectivity index (χ4v) is 2.09. The number of ether oxygens (including phenoxy) is 1. The van der Waals surface area contributed by atoms with Gasteiger partial charge in [0.25, 0.3) is 5.91 Å². The van der Waals surface area contributed by atoms with E-state index in [1.165, 1.54) is 0 Å². The summed E-state index contributed by atoms with van der Waals surface area (Å²) in [4.78, 5) is 23.9. The van der Waals surface area contributed by atoms with Crippen LogP contribution in [-0.4, -0.2) is 25.0 Å². The van der Waals surface area contributed by atoms with Crippen molar-refractivity contribution in [1.29, 1.82) is 0 Å². The van der Waals surface area contributed by atoms with Gasteiger partial charge in [-0.05, 0) is 49.7 Å². The summed E-state index contributed by atoms with van der Waals surface area (Å²) < 4.78 is 5.34. The highest BCUT2D eigenvalue weighted by atomic mass is 16.5. The molecule has 5 heteroatoms. The van der Waals surface area contributed by atoms with Crippen LogP contribution in [0.25, 0.3) is 0 Å². The van der Waals surface area contributed by atoms with Crippen LogP contribution >= 0.6 is 0 Å². The summed E-state index contributed by atoms with van der Waals surface area (Å²) in [5.41, 5.74) is 2.10. The summed E-state index contributed by atoms with van der Waals surface area (Å²) in [6.07, 6.45) is 0. The Hall–Kier alpha value is -2.82. The van der Waals surface area contributed by atoms with E-state index in [4.69, 9.17) is 4.74 Å². The molecular weight excluding hydrogens is 292 g/mol. The van der Waals surface area contributed by atoms with Crippen LogP contribution in [-0.2, 0) is 4.79 Å². The second-order valence-electron chi connectivity index (χ2n) is 5.00. The molecule has 2 amide bonds. The molecule has 0 unspecified atom stereocenters. The van der Waals surface area contributed by atoms with Crippen molar-refractivity contribution in [3.63, 3.8) is 0 Å². The van der Waals surface area contributed by atoms with Crippen LogP contribution in [0, 0.1) is 6.92 Å². The van der Waals surface area contributed by atoms with E-state index in [1.807, 2.05) is 26.0 Å². The van der Waals surface area contributed by atoms with E-state index in [0.29, 0.717) is 17.9 Å². The maximum atomic E-state index is 12.0. The molecule has 2 aromatic carbocycles. The van der Waals surface area contributed by atoms with Gasteiger partial charge in [-0.3, -0.25) is 9.59 Å². The smallest absolute Gasteiger partial charge is 0.251 e. The highest BCUT2D eigenvalue weighted by Gasteiger charge is 2.10. The van der Waals surface area contributed by atoms with Crippen LogP contribution in [0.4, 0.5) is 5.69 Å². The number of hydrogen-bond acceptors (Lipinski definition) is 3. The SMILES string of the molecule is CCOc1ccc(NC(=O)CNC(=O)c2ccccc2C)cc1. The van der Waals surface area contributed by atoms with Gasteiger partial charge in [0, 0.05) is 11.3 Å². The van der Waals surface area contributed by atoms with Crippen LogP contribution in [0.5, 0.6) is 5.75 Å². The third-order valence-corrected chi connectivity index (χ3v) is 3.25. The first-order valence-corrected chi connectivity index (χ1v) is 7.46. The van der Waals surface area contributed by atoms with Gasteiger partial charge in [-0.1, -0.05) is 18.2 Å². The first-order chi connectivity index (χ1) is 11.1. The number of carbonyl (C=O) groups is 2. The zero-order chi connectivity index (χ0) is 16.7. The summed E-state index contributed by atoms with van der Waals surface area (Å²) in [6.45, 7) is 4.28. The van der Waals surface area contributed by atoms with E-state index in [9.17, 15) is 9.59 Å². The number of benzene rings is 2. The first-order valence-electron chi connectivity index (χ1n) is 7.46. The summed E-state index contributed by atoms with van der Waals surface area (Å²) in [5, 5.41) is 5.34. The quantitative estimate of drug-likeness (QED) is 0.862. The fraction of sp³-hybridized carbons (Fsp3) is 0.222. The number of anilines is 1. The van der Waals surface area contributed by atoms with E-state index in [1.54, 1.807) is 36.4 Å². The van der Waals surface area contributed by atoms with Crippen LogP contribution in [0.1, 0.15) is 22.8 Å². The zero-order valence-corrected chi connectivity index (χ0v) is 13.3. The van der Waals surface area contributed by atoms with Crippen molar-refractivity contribution in [2.45, 2.75) is 13.8 Å². The number of aryl methyl sites for hydroxylation is 1. The molecule has 0 aliphatic rings. The minimum absolute atomic E-state index is 0.0830. The van der Waals surface area contributed by atoms with Gasteiger partial charge in [0.1, 0.15) is 5.75 Å². The zero-order valence-electron chi connectivity index (χ0n) is 13.3. The van der Waals surface area contributed by atoms with Crippen molar-refractivity contribution in [2.75, 3.05) is 18.5 Å². The third kappa shape index (κ3) is 4.85. The predicted molar refractivity (Wildman–Crippen MR) is 89.8 cm³/mol. The Morgan fingerprint density at radius 1 is 1.04 bits per heavy atom. The minimum Gasteiger partial charge on any atom is -0.494 e. The molecular formula is C18H20N2O3. The molecule has 0 fully saturated rings. The summed E-state index contributed by atoms with van der Waals surface area (Å²) in [5.74, 6) is 0.208. The van der Waals surface area contributed by atoms with Gasteiger partial charge in [0.15, 0.2) is 0 Å². The average Bonchev–Trinajstić information content (AvgIpc) is 2.55. The van der Waals surface area contributed by atoms with Gasteiger partial charge in [0.2, 0.25) is 5.91 Å². The maximum Gasteiger partial charge on any atom is 0.251 e. The van der Waals surface area contributed by atoms with E-state index in [2.05, 4.69) is 10.6 Å². The van der Waals surface area contributed by atoms with Gasteiger partial charge in [-0.25, -0.2) is 0 Å². The minimum atomic E-state index is -0.281. The van der Waals surface area contributed by atoms with E-state index in [-0.39, 0.29) is 18.4 Å². The van der Waals surface area contributed by atoms with E-state index < -0.39 is 0 Å². The summed E-state index contributed by atoms with van der Waals surface area (Å²) in [7, 11) is 0. The van der Waals surface area contributed by atoms with Crippen LogP contribution < -0.4 is 15.4 Å². The maximum absolute atomic E-state index is 12.0. The van der Waals surface area contributed by atoms with Crippen molar-refractivity contribution in [3.05, 3.63) is 59.7 Å². The Bertz CT molecular complexity index is 681. The van der Waals surface area contributed by atoms with Crippen molar-refractivity contribution in [3.8, 4) is 5.75 Å². The van der Waals surface area contributed by atoms with Crippen LogP contribution in [0.15, 0.2) is 48.5 Å². The van der Waals surface area contributed by atoms with Crippen molar-refractivity contribution >= 4 is 17.5 Å². The molecule has 0 atom stereocenters. The van der Waals surface area contributed by atoms with Gasteiger partial charge >= 0.3 is 0 Å². The highest BCUT2D eigenvalue weighted by molar-refractivity contribution is 6.00. The Kier molecular flexibility index (Phi) is 5.74. The molecule has 2 rings (SSSR count). The number of nitrogens with one attached hydrogen (secondary N) is 2. The Morgan fingerprint density at radius 2 is 1.74 bits per heavy atom. The van der Waals surface area contributed by atoms with E-state index >= 15 is 0 Å². The second-order valence-corrected chi connectivity index (χ2v) is 5.00.